The average Bonchev–Trinajstić information content (AvgIpc) is 3.72. The van der Waals surface area contributed by atoms with E-state index in [-0.39, 0.29) is 0 Å². The van der Waals surface area contributed by atoms with Crippen LogP contribution in [0.25, 0.3) is 131 Å². The Kier molecular flexibility index (Phi) is 7.98. The first-order valence-electron chi connectivity index (χ1n) is 21.7. The summed E-state index contributed by atoms with van der Waals surface area (Å²) in [7, 11) is 0. The summed E-state index contributed by atoms with van der Waals surface area (Å²) in [5, 5.41) is 14.5. The topological polar surface area (TPSA) is 13.1 Å². The summed E-state index contributed by atoms with van der Waals surface area (Å²) in [5.74, 6) is 0. The largest absolute Gasteiger partial charge is 0.455 e. The Bertz CT molecular complexity index is 3980. The molecule has 1 heterocycles. The monoisotopic (exact) mass is 798 g/mol. The number of rotatable bonds is 5. The number of hydrogen-bond acceptors (Lipinski definition) is 1. The van der Waals surface area contributed by atoms with Gasteiger partial charge in [-0.15, -0.1) is 0 Å². The minimum absolute atomic E-state index is 0.899. The highest BCUT2D eigenvalue weighted by atomic mass is 16.3. The molecule has 0 radical (unpaired) electrons. The van der Waals surface area contributed by atoms with Crippen LogP contribution < -0.4 is 0 Å². The van der Waals surface area contributed by atoms with Gasteiger partial charge in [-0.25, -0.2) is 0 Å². The second-order valence-electron chi connectivity index (χ2n) is 16.8. The summed E-state index contributed by atoms with van der Waals surface area (Å²) in [5.41, 5.74) is 13.7. The van der Waals surface area contributed by atoms with Crippen molar-refractivity contribution in [2.45, 2.75) is 0 Å². The van der Waals surface area contributed by atoms with Gasteiger partial charge in [0, 0.05) is 16.3 Å². The Morgan fingerprint density at radius 2 is 0.651 bits per heavy atom. The summed E-state index contributed by atoms with van der Waals surface area (Å²) in [4.78, 5) is 0. The Balaban J connectivity index is 1.10. The van der Waals surface area contributed by atoms with Crippen LogP contribution in [0.3, 0.4) is 0 Å². The van der Waals surface area contributed by atoms with Gasteiger partial charge in [-0.1, -0.05) is 188 Å². The van der Waals surface area contributed by atoms with Crippen molar-refractivity contribution >= 4 is 75.8 Å². The highest BCUT2D eigenvalue weighted by Gasteiger charge is 2.21. The van der Waals surface area contributed by atoms with E-state index in [0.29, 0.717) is 0 Å². The first-order valence-corrected chi connectivity index (χ1v) is 21.7. The van der Waals surface area contributed by atoms with Crippen molar-refractivity contribution in [3.05, 3.63) is 231 Å². The molecule has 0 saturated heterocycles. The third-order valence-corrected chi connectivity index (χ3v) is 13.2. The molecule has 13 rings (SSSR count). The standard InChI is InChI=1S/C62H38O/c1-3-15-41-33-45(29-27-39(41)13-1)43-18-11-20-48(35-43)59-53-24-7-8-25-54(53)60(49-21-12-19-44(36-49)46-30-28-40-14-2-4-16-42(40)34-46)56-38-50(31-32-55(56)59)61-51-22-6-5-17-47(51)37-57-52-23-9-10-26-58(52)63-62(57)61/h1-38H. The van der Waals surface area contributed by atoms with Gasteiger partial charge in [0.05, 0.1) is 0 Å². The molecule has 0 unspecified atom stereocenters. The van der Waals surface area contributed by atoms with E-state index in [0.717, 1.165) is 33.1 Å². The van der Waals surface area contributed by atoms with Crippen LogP contribution in [0.15, 0.2) is 235 Å². The molecule has 0 amide bonds. The molecule has 63 heavy (non-hydrogen) atoms. The molecule has 1 heteroatoms. The van der Waals surface area contributed by atoms with E-state index in [9.17, 15) is 0 Å². The minimum Gasteiger partial charge on any atom is -0.455 e. The number of fused-ring (bicyclic) bond motifs is 8. The molecule has 0 atom stereocenters. The zero-order valence-corrected chi connectivity index (χ0v) is 34.3. The van der Waals surface area contributed by atoms with Crippen LogP contribution in [-0.4, -0.2) is 0 Å². The number of para-hydroxylation sites is 1. The van der Waals surface area contributed by atoms with E-state index in [1.165, 1.54) is 98.4 Å². The van der Waals surface area contributed by atoms with Crippen LogP contribution in [0.4, 0.5) is 0 Å². The van der Waals surface area contributed by atoms with Gasteiger partial charge in [-0.3, -0.25) is 0 Å². The number of furan rings is 1. The third kappa shape index (κ3) is 5.78. The first kappa shape index (κ1) is 35.5. The van der Waals surface area contributed by atoms with Crippen LogP contribution in [0.2, 0.25) is 0 Å². The molecule has 0 fully saturated rings. The zero-order valence-electron chi connectivity index (χ0n) is 34.3. The number of hydrogen-bond donors (Lipinski definition) is 0. The first-order chi connectivity index (χ1) is 31.2. The van der Waals surface area contributed by atoms with Gasteiger partial charge in [0.1, 0.15) is 11.2 Å². The average molecular weight is 799 g/mol. The van der Waals surface area contributed by atoms with E-state index in [1.54, 1.807) is 0 Å². The molecule has 0 spiro atoms. The number of benzene rings is 12. The van der Waals surface area contributed by atoms with Crippen molar-refractivity contribution in [1.29, 1.82) is 0 Å². The van der Waals surface area contributed by atoms with Gasteiger partial charge in [0.15, 0.2) is 0 Å². The van der Waals surface area contributed by atoms with E-state index >= 15 is 0 Å². The molecular weight excluding hydrogens is 761 g/mol. The summed E-state index contributed by atoms with van der Waals surface area (Å²) in [6.07, 6.45) is 0. The molecule has 292 valence electrons. The summed E-state index contributed by atoms with van der Waals surface area (Å²) < 4.78 is 6.81. The lowest BCUT2D eigenvalue weighted by Crippen LogP contribution is -1.93. The molecule has 0 aliphatic carbocycles. The predicted molar refractivity (Wildman–Crippen MR) is 268 cm³/mol. The Morgan fingerprint density at radius 3 is 1.29 bits per heavy atom. The molecular formula is C62H38O. The second-order valence-corrected chi connectivity index (χ2v) is 16.8. The highest BCUT2D eigenvalue weighted by Crippen LogP contribution is 2.48. The fraction of sp³-hybridized carbons (Fsp3) is 0. The molecule has 0 saturated carbocycles. The van der Waals surface area contributed by atoms with Gasteiger partial charge in [-0.05, 0) is 146 Å². The van der Waals surface area contributed by atoms with Crippen molar-refractivity contribution < 1.29 is 4.42 Å². The fourth-order valence-corrected chi connectivity index (χ4v) is 10.2. The smallest absolute Gasteiger partial charge is 0.143 e. The van der Waals surface area contributed by atoms with Crippen LogP contribution in [0.5, 0.6) is 0 Å². The van der Waals surface area contributed by atoms with Crippen molar-refractivity contribution in [1.82, 2.24) is 0 Å². The predicted octanol–water partition coefficient (Wildman–Crippen LogP) is 17.7. The highest BCUT2D eigenvalue weighted by molar-refractivity contribution is 6.24. The van der Waals surface area contributed by atoms with E-state index in [2.05, 4.69) is 231 Å². The quantitative estimate of drug-likeness (QED) is 0.158. The maximum atomic E-state index is 6.81. The minimum atomic E-state index is 0.899. The SMILES string of the molecule is c1cc(-c2ccc3ccccc3c2)cc(-c2c3ccccc3c(-c3cccc(-c4ccc5ccccc5c4)c3)c3cc(-c4c5ccccc5cc5c4oc4ccccc45)ccc23)c1. The van der Waals surface area contributed by atoms with Crippen LogP contribution in [0, 0.1) is 0 Å². The normalized spacial score (nSPS) is 11.8. The summed E-state index contributed by atoms with van der Waals surface area (Å²) in [6, 6.07) is 84.5. The van der Waals surface area contributed by atoms with Crippen LogP contribution >= 0.6 is 0 Å². The van der Waals surface area contributed by atoms with Gasteiger partial charge < -0.3 is 4.42 Å². The molecule has 0 bridgehead atoms. The molecule has 13 aromatic rings. The summed E-state index contributed by atoms with van der Waals surface area (Å²) >= 11 is 0. The lowest BCUT2D eigenvalue weighted by molar-refractivity contribution is 0.670. The molecule has 0 aliphatic heterocycles. The van der Waals surface area contributed by atoms with Crippen LogP contribution in [0.1, 0.15) is 0 Å². The van der Waals surface area contributed by atoms with E-state index in [4.69, 9.17) is 4.42 Å². The molecule has 12 aromatic carbocycles. The Labute approximate surface area is 364 Å². The maximum Gasteiger partial charge on any atom is 0.143 e. The zero-order chi connectivity index (χ0) is 41.4. The maximum absolute atomic E-state index is 6.81. The Hall–Kier alpha value is -8.26. The van der Waals surface area contributed by atoms with E-state index < -0.39 is 0 Å². The van der Waals surface area contributed by atoms with Crippen molar-refractivity contribution in [2.24, 2.45) is 0 Å². The fourth-order valence-electron chi connectivity index (χ4n) is 10.2. The van der Waals surface area contributed by atoms with Crippen molar-refractivity contribution in [3.63, 3.8) is 0 Å². The summed E-state index contributed by atoms with van der Waals surface area (Å²) in [6.45, 7) is 0. The lowest BCUT2D eigenvalue weighted by Gasteiger charge is -2.20. The molecule has 1 aromatic heterocycles. The second kappa shape index (κ2) is 14.2. The van der Waals surface area contributed by atoms with Crippen LogP contribution in [-0.2, 0) is 0 Å². The van der Waals surface area contributed by atoms with Gasteiger partial charge >= 0.3 is 0 Å². The van der Waals surface area contributed by atoms with Gasteiger partial charge in [0.2, 0.25) is 0 Å². The van der Waals surface area contributed by atoms with Crippen molar-refractivity contribution in [3.8, 4) is 55.6 Å². The molecule has 1 nitrogen and oxygen atoms in total. The van der Waals surface area contributed by atoms with Gasteiger partial charge in [-0.2, -0.15) is 0 Å². The lowest BCUT2D eigenvalue weighted by atomic mass is 9.83. The van der Waals surface area contributed by atoms with Crippen molar-refractivity contribution in [2.75, 3.05) is 0 Å². The van der Waals surface area contributed by atoms with E-state index in [1.807, 2.05) is 0 Å². The molecule has 0 N–H and O–H groups in total. The third-order valence-electron chi connectivity index (χ3n) is 13.2. The molecule has 0 aliphatic rings. The van der Waals surface area contributed by atoms with Gasteiger partial charge in [0.25, 0.3) is 0 Å². The Morgan fingerprint density at radius 1 is 0.206 bits per heavy atom.